The van der Waals surface area contributed by atoms with Crippen molar-refractivity contribution in [1.29, 1.82) is 0 Å². The van der Waals surface area contributed by atoms with Gasteiger partial charge in [0.15, 0.2) is 0 Å². The summed E-state index contributed by atoms with van der Waals surface area (Å²) in [7, 11) is 1.63. The van der Waals surface area contributed by atoms with E-state index in [0.29, 0.717) is 12.8 Å². The molecule has 3 N–H and O–H groups in total. The summed E-state index contributed by atoms with van der Waals surface area (Å²) in [6.45, 7) is 3.87. The van der Waals surface area contributed by atoms with Crippen LogP contribution in [0.3, 0.4) is 0 Å². The number of nitrogens with two attached hydrogens (primary N) is 1. The molecule has 1 amide bonds. The van der Waals surface area contributed by atoms with Gasteiger partial charge in [0.1, 0.15) is 5.75 Å². The zero-order valence-corrected chi connectivity index (χ0v) is 11.3. The molecule has 0 fully saturated rings. The van der Waals surface area contributed by atoms with Crippen LogP contribution in [-0.4, -0.2) is 19.1 Å². The van der Waals surface area contributed by atoms with Crippen molar-refractivity contribution in [2.45, 2.75) is 38.8 Å². The van der Waals surface area contributed by atoms with E-state index in [1.807, 2.05) is 38.1 Å². The molecule has 4 heteroatoms. The fourth-order valence-corrected chi connectivity index (χ4v) is 1.65. The van der Waals surface area contributed by atoms with E-state index in [1.165, 1.54) is 0 Å². The van der Waals surface area contributed by atoms with Gasteiger partial charge in [-0.15, -0.1) is 0 Å². The molecule has 18 heavy (non-hydrogen) atoms. The minimum atomic E-state index is -0.00325. The van der Waals surface area contributed by atoms with Crippen molar-refractivity contribution in [2.24, 2.45) is 5.73 Å². The summed E-state index contributed by atoms with van der Waals surface area (Å²) in [5.41, 5.74) is 6.68. The third-order valence-electron chi connectivity index (χ3n) is 2.82. The molecule has 1 aromatic carbocycles. The maximum atomic E-state index is 11.7. The van der Waals surface area contributed by atoms with E-state index in [1.54, 1.807) is 7.11 Å². The van der Waals surface area contributed by atoms with E-state index in [-0.39, 0.29) is 18.0 Å². The monoisotopic (exact) mass is 250 g/mol. The lowest BCUT2D eigenvalue weighted by molar-refractivity contribution is -0.121. The van der Waals surface area contributed by atoms with Gasteiger partial charge in [0.25, 0.3) is 0 Å². The number of rotatable bonds is 6. The number of amides is 1. The second-order valence-electron chi connectivity index (χ2n) is 4.58. The molecule has 0 heterocycles. The average Bonchev–Trinajstić information content (AvgIpc) is 2.36. The van der Waals surface area contributed by atoms with Gasteiger partial charge in [-0.25, -0.2) is 0 Å². The number of ether oxygens (including phenoxy) is 1. The average molecular weight is 250 g/mol. The molecule has 0 spiro atoms. The SMILES string of the molecule is COc1ccc(C(C)NC(=O)CCC(C)N)cc1. The number of hydrogen-bond acceptors (Lipinski definition) is 3. The van der Waals surface area contributed by atoms with Gasteiger partial charge < -0.3 is 15.8 Å². The molecule has 100 valence electrons. The van der Waals surface area contributed by atoms with Crippen molar-refractivity contribution in [3.63, 3.8) is 0 Å². The first kappa shape index (κ1) is 14.5. The van der Waals surface area contributed by atoms with Crippen molar-refractivity contribution < 1.29 is 9.53 Å². The Morgan fingerprint density at radius 2 is 1.94 bits per heavy atom. The number of nitrogens with one attached hydrogen (secondary N) is 1. The lowest BCUT2D eigenvalue weighted by Crippen LogP contribution is -2.28. The summed E-state index contributed by atoms with van der Waals surface area (Å²) in [4.78, 5) is 11.7. The van der Waals surface area contributed by atoms with E-state index in [2.05, 4.69) is 5.32 Å². The molecule has 0 bridgehead atoms. The Morgan fingerprint density at radius 1 is 1.33 bits per heavy atom. The van der Waals surface area contributed by atoms with Gasteiger partial charge in [-0.05, 0) is 38.0 Å². The Hall–Kier alpha value is -1.55. The number of carbonyl (C=O) groups excluding carboxylic acids is 1. The molecule has 2 unspecified atom stereocenters. The van der Waals surface area contributed by atoms with Crippen LogP contribution < -0.4 is 15.8 Å². The van der Waals surface area contributed by atoms with Crippen LogP contribution >= 0.6 is 0 Å². The minimum absolute atomic E-state index is 0.00325. The zero-order chi connectivity index (χ0) is 13.5. The van der Waals surface area contributed by atoms with Crippen LogP contribution in [-0.2, 0) is 4.79 Å². The van der Waals surface area contributed by atoms with Crippen molar-refractivity contribution in [1.82, 2.24) is 5.32 Å². The first-order valence-corrected chi connectivity index (χ1v) is 6.22. The van der Waals surface area contributed by atoms with E-state index in [9.17, 15) is 4.79 Å². The summed E-state index contributed by atoms with van der Waals surface area (Å²) in [6, 6.07) is 7.74. The molecule has 2 atom stereocenters. The summed E-state index contributed by atoms with van der Waals surface area (Å²) < 4.78 is 5.09. The summed E-state index contributed by atoms with van der Waals surface area (Å²) in [5, 5.41) is 2.95. The molecule has 1 rings (SSSR count). The van der Waals surface area contributed by atoms with Crippen LogP contribution in [0.4, 0.5) is 0 Å². The van der Waals surface area contributed by atoms with Gasteiger partial charge in [-0.3, -0.25) is 4.79 Å². The summed E-state index contributed by atoms with van der Waals surface area (Å²) in [5.74, 6) is 0.852. The molecule has 1 aromatic rings. The van der Waals surface area contributed by atoms with Crippen LogP contribution in [0.15, 0.2) is 24.3 Å². The van der Waals surface area contributed by atoms with E-state index < -0.39 is 0 Å². The quantitative estimate of drug-likeness (QED) is 0.811. The molecule has 0 aromatic heterocycles. The molecule has 0 saturated carbocycles. The maximum Gasteiger partial charge on any atom is 0.220 e. The van der Waals surface area contributed by atoms with Gasteiger partial charge >= 0.3 is 0 Å². The normalized spacial score (nSPS) is 13.8. The van der Waals surface area contributed by atoms with E-state index in [0.717, 1.165) is 11.3 Å². The van der Waals surface area contributed by atoms with Crippen LogP contribution in [0.2, 0.25) is 0 Å². The van der Waals surface area contributed by atoms with Crippen molar-refractivity contribution in [3.8, 4) is 5.75 Å². The third kappa shape index (κ3) is 4.75. The lowest BCUT2D eigenvalue weighted by atomic mass is 10.1. The van der Waals surface area contributed by atoms with Crippen LogP contribution in [0.25, 0.3) is 0 Å². The highest BCUT2D eigenvalue weighted by Crippen LogP contribution is 2.17. The maximum absolute atomic E-state index is 11.7. The molecule has 0 radical (unpaired) electrons. The van der Waals surface area contributed by atoms with Crippen molar-refractivity contribution in [2.75, 3.05) is 7.11 Å². The van der Waals surface area contributed by atoms with Crippen molar-refractivity contribution in [3.05, 3.63) is 29.8 Å². The highest BCUT2D eigenvalue weighted by molar-refractivity contribution is 5.76. The first-order chi connectivity index (χ1) is 8.52. The third-order valence-corrected chi connectivity index (χ3v) is 2.82. The Balaban J connectivity index is 2.48. The predicted molar refractivity (Wildman–Crippen MR) is 72.4 cm³/mol. The summed E-state index contributed by atoms with van der Waals surface area (Å²) >= 11 is 0. The number of methoxy groups -OCH3 is 1. The Kier molecular flexibility index (Phi) is 5.65. The number of benzene rings is 1. The molecule has 0 aliphatic rings. The highest BCUT2D eigenvalue weighted by Gasteiger charge is 2.10. The standard InChI is InChI=1S/C14H22N2O2/c1-10(15)4-9-14(17)16-11(2)12-5-7-13(18-3)8-6-12/h5-8,10-11H,4,9,15H2,1-3H3,(H,16,17). The molecule has 4 nitrogen and oxygen atoms in total. The minimum Gasteiger partial charge on any atom is -0.497 e. The van der Waals surface area contributed by atoms with E-state index in [4.69, 9.17) is 10.5 Å². The van der Waals surface area contributed by atoms with Gasteiger partial charge in [-0.2, -0.15) is 0 Å². The topological polar surface area (TPSA) is 64.3 Å². The summed E-state index contributed by atoms with van der Waals surface area (Å²) in [6.07, 6.45) is 1.18. The van der Waals surface area contributed by atoms with Gasteiger partial charge in [-0.1, -0.05) is 12.1 Å². The fraction of sp³-hybridized carbons (Fsp3) is 0.500. The molecular formula is C14H22N2O2. The van der Waals surface area contributed by atoms with Gasteiger partial charge in [0.2, 0.25) is 5.91 Å². The molecule has 0 aliphatic heterocycles. The molecule has 0 aliphatic carbocycles. The Bertz CT molecular complexity index is 374. The smallest absolute Gasteiger partial charge is 0.220 e. The largest absolute Gasteiger partial charge is 0.497 e. The van der Waals surface area contributed by atoms with Gasteiger partial charge in [0, 0.05) is 12.5 Å². The highest BCUT2D eigenvalue weighted by atomic mass is 16.5. The Labute approximate surface area is 109 Å². The van der Waals surface area contributed by atoms with Crippen molar-refractivity contribution >= 4 is 5.91 Å². The Morgan fingerprint density at radius 3 is 2.44 bits per heavy atom. The predicted octanol–water partition coefficient (Wildman–Crippen LogP) is 2.00. The second kappa shape index (κ2) is 7.01. The second-order valence-corrected chi connectivity index (χ2v) is 4.58. The van der Waals surface area contributed by atoms with Crippen LogP contribution in [0, 0.1) is 0 Å². The lowest BCUT2D eigenvalue weighted by Gasteiger charge is -2.15. The van der Waals surface area contributed by atoms with Crippen LogP contribution in [0.1, 0.15) is 38.3 Å². The number of carbonyl (C=O) groups is 1. The van der Waals surface area contributed by atoms with Gasteiger partial charge in [0.05, 0.1) is 13.2 Å². The molecular weight excluding hydrogens is 228 g/mol. The van der Waals surface area contributed by atoms with E-state index >= 15 is 0 Å². The number of hydrogen-bond donors (Lipinski definition) is 2. The molecule has 0 saturated heterocycles. The fourth-order valence-electron chi connectivity index (χ4n) is 1.65. The zero-order valence-electron chi connectivity index (χ0n) is 11.3. The first-order valence-electron chi connectivity index (χ1n) is 6.22. The van der Waals surface area contributed by atoms with Crippen LogP contribution in [0.5, 0.6) is 5.75 Å².